The Morgan fingerprint density at radius 1 is 1.00 bits per heavy atom. The predicted molar refractivity (Wildman–Crippen MR) is 120 cm³/mol. The van der Waals surface area contributed by atoms with Crippen molar-refractivity contribution >= 4 is 17.2 Å². The quantitative estimate of drug-likeness (QED) is 0.492. The molecule has 0 heterocycles. The second-order valence-corrected chi connectivity index (χ2v) is 11.7. The van der Waals surface area contributed by atoms with Crippen LogP contribution in [0.3, 0.4) is 0 Å². The van der Waals surface area contributed by atoms with Crippen LogP contribution in [0.4, 0.5) is 0 Å². The molecule has 5 aliphatic carbocycles. The average Bonchev–Trinajstić information content (AvgIpc) is 3.07. The molecule has 0 aromatic carbocycles. The van der Waals surface area contributed by atoms with Gasteiger partial charge in [-0.15, -0.1) is 0 Å². The van der Waals surface area contributed by atoms with Gasteiger partial charge in [0.2, 0.25) is 0 Å². The number of carbonyl (C=O) groups excluding carboxylic acids is 1. The molecule has 31 heavy (non-hydrogen) atoms. The summed E-state index contributed by atoms with van der Waals surface area (Å²) >= 11 is 0. The van der Waals surface area contributed by atoms with Crippen LogP contribution in [-0.4, -0.2) is 34.6 Å². The highest BCUT2D eigenvalue weighted by atomic mass is 16.6. The number of fused-ring (bicyclic) bond motifs is 5. The van der Waals surface area contributed by atoms with Crippen molar-refractivity contribution in [2.24, 2.45) is 50.5 Å². The number of nitrogens with zero attached hydrogens (tertiary/aromatic N) is 2. The van der Waals surface area contributed by atoms with E-state index >= 15 is 0 Å². The van der Waals surface area contributed by atoms with Crippen molar-refractivity contribution in [1.29, 1.82) is 0 Å². The van der Waals surface area contributed by atoms with E-state index in [1.165, 1.54) is 0 Å². The van der Waals surface area contributed by atoms with Crippen LogP contribution in [-0.2, 0) is 9.63 Å². The summed E-state index contributed by atoms with van der Waals surface area (Å²) in [5.74, 6) is 2.22. The first-order valence-electron chi connectivity index (χ1n) is 12.6. The third-order valence-electron chi connectivity index (χ3n) is 10.2. The van der Waals surface area contributed by atoms with E-state index in [2.05, 4.69) is 24.2 Å². The molecule has 5 saturated carbocycles. The van der Waals surface area contributed by atoms with Gasteiger partial charge < -0.3 is 15.8 Å². The summed E-state index contributed by atoms with van der Waals surface area (Å²) in [5, 5.41) is 18.4. The number of Topliss-reactive ketones (excluding diaryl/α,β-unsaturated/α-hetero) is 1. The van der Waals surface area contributed by atoms with Crippen molar-refractivity contribution in [1.82, 2.24) is 0 Å². The summed E-state index contributed by atoms with van der Waals surface area (Å²) in [5.41, 5.74) is 8.03. The van der Waals surface area contributed by atoms with Crippen molar-refractivity contribution in [3.63, 3.8) is 0 Å². The van der Waals surface area contributed by atoms with Crippen molar-refractivity contribution < 1.29 is 14.8 Å². The topological polar surface area (TPSA) is 97.3 Å². The second-order valence-electron chi connectivity index (χ2n) is 11.7. The Bertz CT molecular complexity index is 787. The highest BCUT2D eigenvalue weighted by Crippen LogP contribution is 2.64. The van der Waals surface area contributed by atoms with Crippen LogP contribution in [0.1, 0.15) is 90.9 Å². The summed E-state index contributed by atoms with van der Waals surface area (Å²) in [4.78, 5) is 18.6. The molecule has 5 fully saturated rings. The lowest BCUT2D eigenvalue weighted by atomic mass is 9.45. The molecule has 6 atom stereocenters. The van der Waals surface area contributed by atoms with Crippen LogP contribution in [0.15, 0.2) is 10.3 Å². The Morgan fingerprint density at radius 3 is 2.52 bits per heavy atom. The third-order valence-corrected chi connectivity index (χ3v) is 10.2. The maximum absolute atomic E-state index is 12.7. The van der Waals surface area contributed by atoms with Gasteiger partial charge in [0.15, 0.2) is 0 Å². The van der Waals surface area contributed by atoms with Gasteiger partial charge in [0, 0.05) is 23.8 Å². The largest absolute Gasteiger partial charge is 0.411 e. The van der Waals surface area contributed by atoms with Gasteiger partial charge in [-0.05, 0) is 93.8 Å². The van der Waals surface area contributed by atoms with E-state index in [1.54, 1.807) is 0 Å². The molecule has 0 unspecified atom stereocenters. The molecule has 0 aromatic heterocycles. The summed E-state index contributed by atoms with van der Waals surface area (Å²) < 4.78 is 0. The van der Waals surface area contributed by atoms with Gasteiger partial charge in [0.25, 0.3) is 0 Å². The molecular formula is C25H39N3O3. The fraction of sp³-hybridized carbons (Fsp3) is 0.880. The van der Waals surface area contributed by atoms with Crippen molar-refractivity contribution in [2.45, 2.75) is 103 Å². The van der Waals surface area contributed by atoms with E-state index in [0.717, 1.165) is 88.5 Å². The van der Waals surface area contributed by atoms with E-state index in [0.29, 0.717) is 29.6 Å². The number of oxime groups is 2. The normalized spacial score (nSPS) is 50.1. The fourth-order valence-corrected chi connectivity index (χ4v) is 8.18. The van der Waals surface area contributed by atoms with Crippen LogP contribution in [0.5, 0.6) is 0 Å². The summed E-state index contributed by atoms with van der Waals surface area (Å²) in [6.07, 6.45) is 11.8. The summed E-state index contributed by atoms with van der Waals surface area (Å²) in [6, 6.07) is 0.314. The second kappa shape index (κ2) is 7.86. The zero-order valence-electron chi connectivity index (χ0n) is 19.2. The molecule has 6 heteroatoms. The van der Waals surface area contributed by atoms with Gasteiger partial charge in [-0.3, -0.25) is 4.79 Å². The summed E-state index contributed by atoms with van der Waals surface area (Å²) in [7, 11) is 0. The molecule has 3 N–H and O–H groups in total. The number of carbonyl (C=O) groups is 1. The lowest BCUT2D eigenvalue weighted by Gasteiger charge is -2.59. The van der Waals surface area contributed by atoms with Crippen LogP contribution in [0, 0.1) is 34.5 Å². The average molecular weight is 430 g/mol. The number of rotatable bonds is 2. The molecule has 0 radical (unpaired) electrons. The number of ketones is 1. The Balaban J connectivity index is 1.33. The highest BCUT2D eigenvalue weighted by molar-refractivity contribution is 5.96. The molecule has 0 spiro atoms. The van der Waals surface area contributed by atoms with Crippen molar-refractivity contribution in [2.75, 3.05) is 0 Å². The minimum absolute atomic E-state index is 0.119. The van der Waals surface area contributed by atoms with Crippen LogP contribution >= 0.6 is 0 Å². The molecule has 0 aliphatic heterocycles. The smallest absolute Gasteiger partial charge is 0.139 e. The lowest BCUT2D eigenvalue weighted by molar-refractivity contribution is -0.133. The maximum Gasteiger partial charge on any atom is 0.139 e. The molecule has 0 aromatic rings. The predicted octanol–water partition coefficient (Wildman–Crippen LogP) is 4.68. The van der Waals surface area contributed by atoms with E-state index in [1.807, 2.05) is 0 Å². The Kier molecular flexibility index (Phi) is 5.43. The number of hydrogen-bond acceptors (Lipinski definition) is 6. The number of nitrogens with two attached hydrogens (primary N) is 1. The lowest BCUT2D eigenvalue weighted by Crippen LogP contribution is -2.56. The SMILES string of the molecule is C[C@]12CCC(=NOC3CCC(N)CC3)C[C@@H]1/C(=N/O)C[C@@H]1[C@@H]2CC[C@]2(C)C(=O)CC[C@@H]12. The van der Waals surface area contributed by atoms with Crippen LogP contribution < -0.4 is 5.73 Å². The highest BCUT2D eigenvalue weighted by Gasteiger charge is 2.61. The Morgan fingerprint density at radius 2 is 1.77 bits per heavy atom. The summed E-state index contributed by atoms with van der Waals surface area (Å²) in [6.45, 7) is 4.62. The molecule has 0 amide bonds. The first kappa shape index (κ1) is 21.4. The van der Waals surface area contributed by atoms with Gasteiger partial charge in [-0.2, -0.15) is 0 Å². The molecule has 0 saturated heterocycles. The molecule has 6 nitrogen and oxygen atoms in total. The molecule has 0 bridgehead atoms. The van der Waals surface area contributed by atoms with Crippen LogP contribution in [0.25, 0.3) is 0 Å². The van der Waals surface area contributed by atoms with Gasteiger partial charge in [0.1, 0.15) is 11.9 Å². The minimum atomic E-state index is -0.150. The van der Waals surface area contributed by atoms with E-state index < -0.39 is 0 Å². The first-order chi connectivity index (χ1) is 14.8. The Hall–Kier alpha value is -1.43. The Labute approximate surface area is 186 Å². The third kappa shape index (κ3) is 3.44. The van der Waals surface area contributed by atoms with Crippen LogP contribution in [0.2, 0.25) is 0 Å². The van der Waals surface area contributed by atoms with E-state index in [-0.39, 0.29) is 22.9 Å². The van der Waals surface area contributed by atoms with Gasteiger partial charge in [-0.25, -0.2) is 0 Å². The molecule has 172 valence electrons. The fourth-order valence-electron chi connectivity index (χ4n) is 8.18. The molecular weight excluding hydrogens is 390 g/mol. The number of hydrogen-bond donors (Lipinski definition) is 2. The standard InChI is InChI=1S/C25H39N3O3/c1-24-11-9-16(28-31-17-5-3-15(26)4-6-17)13-21(24)22(27-30)14-18-19-7-8-23(29)25(19,2)12-10-20(18)24/h15,17-21,30H,3-14,26H2,1-2H3/b27-22+,28-16?/t15?,17?,18-,19-,20-,21+,24+,25-/m0/s1. The van der Waals surface area contributed by atoms with Gasteiger partial charge in [-0.1, -0.05) is 24.2 Å². The first-order valence-corrected chi connectivity index (χ1v) is 12.6. The maximum atomic E-state index is 12.7. The van der Waals surface area contributed by atoms with Gasteiger partial charge >= 0.3 is 0 Å². The van der Waals surface area contributed by atoms with Crippen molar-refractivity contribution in [3.05, 3.63) is 0 Å². The minimum Gasteiger partial charge on any atom is -0.411 e. The van der Waals surface area contributed by atoms with E-state index in [4.69, 9.17) is 10.6 Å². The zero-order valence-corrected chi connectivity index (χ0v) is 19.2. The van der Waals surface area contributed by atoms with Crippen molar-refractivity contribution in [3.8, 4) is 0 Å². The zero-order chi connectivity index (χ0) is 21.8. The monoisotopic (exact) mass is 429 g/mol. The molecule has 5 rings (SSSR count). The van der Waals surface area contributed by atoms with Gasteiger partial charge in [0.05, 0.1) is 11.4 Å². The van der Waals surface area contributed by atoms with E-state index in [9.17, 15) is 10.0 Å². The molecule has 5 aliphatic rings.